The highest BCUT2D eigenvalue weighted by Crippen LogP contribution is 2.39. The van der Waals surface area contributed by atoms with Crippen molar-refractivity contribution in [2.24, 2.45) is 11.8 Å². The van der Waals surface area contributed by atoms with Crippen molar-refractivity contribution in [1.29, 1.82) is 0 Å². The van der Waals surface area contributed by atoms with Gasteiger partial charge in [-0.05, 0) is 43.9 Å². The van der Waals surface area contributed by atoms with Gasteiger partial charge in [0.2, 0.25) is 0 Å². The lowest BCUT2D eigenvalue weighted by atomic mass is 10.0. The Balaban J connectivity index is 1.52. The molecule has 98 valence electrons. The van der Waals surface area contributed by atoms with Crippen molar-refractivity contribution in [3.8, 4) is 0 Å². The summed E-state index contributed by atoms with van der Waals surface area (Å²) in [6.45, 7) is 4.67. The maximum atomic E-state index is 5.19. The summed E-state index contributed by atoms with van der Waals surface area (Å²) in [7, 11) is 1.81. The van der Waals surface area contributed by atoms with Gasteiger partial charge in [-0.1, -0.05) is 0 Å². The third-order valence-corrected chi connectivity index (χ3v) is 4.64. The summed E-state index contributed by atoms with van der Waals surface area (Å²) >= 11 is 0. The summed E-state index contributed by atoms with van der Waals surface area (Å²) in [5.74, 6) is 1.98. The minimum absolute atomic E-state index is 0.785. The summed E-state index contributed by atoms with van der Waals surface area (Å²) in [6.07, 6.45) is 7.02. The van der Waals surface area contributed by atoms with E-state index in [1.165, 1.54) is 51.7 Å². The second kappa shape index (κ2) is 5.25. The number of piperazine rings is 1. The third kappa shape index (κ3) is 3.01. The second-order valence-electron chi connectivity index (χ2n) is 6.10. The average molecular weight is 238 g/mol. The van der Waals surface area contributed by atoms with Gasteiger partial charge in [-0.3, -0.25) is 4.90 Å². The molecule has 0 aromatic carbocycles. The van der Waals surface area contributed by atoms with Crippen LogP contribution in [0, 0.1) is 11.8 Å². The van der Waals surface area contributed by atoms with Crippen molar-refractivity contribution in [3.63, 3.8) is 0 Å². The number of methoxy groups -OCH3 is 1. The van der Waals surface area contributed by atoms with E-state index in [4.69, 9.17) is 4.74 Å². The molecule has 0 aromatic rings. The van der Waals surface area contributed by atoms with Crippen molar-refractivity contribution < 1.29 is 4.74 Å². The third-order valence-electron chi connectivity index (χ3n) is 4.64. The molecule has 0 bridgehead atoms. The molecule has 3 nitrogen and oxygen atoms in total. The summed E-state index contributed by atoms with van der Waals surface area (Å²) in [4.78, 5) is 2.76. The first kappa shape index (κ1) is 11.9. The van der Waals surface area contributed by atoms with Gasteiger partial charge in [0.1, 0.15) is 0 Å². The molecule has 2 atom stereocenters. The van der Waals surface area contributed by atoms with Gasteiger partial charge in [0, 0.05) is 45.4 Å². The predicted molar refractivity (Wildman–Crippen MR) is 69.1 cm³/mol. The number of nitrogens with zero attached hydrogens (tertiary/aromatic N) is 1. The van der Waals surface area contributed by atoms with Gasteiger partial charge in [-0.25, -0.2) is 0 Å². The van der Waals surface area contributed by atoms with Gasteiger partial charge >= 0.3 is 0 Å². The number of hydrogen-bond acceptors (Lipinski definition) is 3. The van der Waals surface area contributed by atoms with Crippen LogP contribution in [-0.2, 0) is 4.74 Å². The van der Waals surface area contributed by atoms with Crippen LogP contribution in [-0.4, -0.2) is 50.3 Å². The summed E-state index contributed by atoms with van der Waals surface area (Å²) in [5.41, 5.74) is 0. The fourth-order valence-corrected chi connectivity index (χ4v) is 3.28. The van der Waals surface area contributed by atoms with E-state index in [1.54, 1.807) is 0 Å². The Bertz CT molecular complexity index is 251. The molecule has 3 aliphatic rings. The van der Waals surface area contributed by atoms with Gasteiger partial charge in [0.05, 0.1) is 0 Å². The van der Waals surface area contributed by atoms with Crippen molar-refractivity contribution in [2.45, 2.75) is 44.2 Å². The molecule has 1 saturated heterocycles. The van der Waals surface area contributed by atoms with Crippen molar-refractivity contribution in [1.82, 2.24) is 10.2 Å². The first-order chi connectivity index (χ1) is 8.38. The van der Waals surface area contributed by atoms with Crippen LogP contribution in [0.5, 0.6) is 0 Å². The van der Waals surface area contributed by atoms with E-state index in [-0.39, 0.29) is 0 Å². The minimum Gasteiger partial charge on any atom is -0.385 e. The zero-order chi connectivity index (χ0) is 11.7. The molecule has 2 aliphatic carbocycles. The van der Waals surface area contributed by atoms with E-state index < -0.39 is 0 Å². The highest BCUT2D eigenvalue weighted by atomic mass is 16.5. The summed E-state index contributed by atoms with van der Waals surface area (Å²) < 4.78 is 5.19. The topological polar surface area (TPSA) is 24.5 Å². The molecular weight excluding hydrogens is 212 g/mol. The Morgan fingerprint density at radius 2 is 1.94 bits per heavy atom. The van der Waals surface area contributed by atoms with Gasteiger partial charge in [0.15, 0.2) is 0 Å². The molecule has 3 rings (SSSR count). The second-order valence-corrected chi connectivity index (χ2v) is 6.10. The average Bonchev–Trinajstić information content (AvgIpc) is 3.19. The quantitative estimate of drug-likeness (QED) is 0.710. The molecule has 1 aliphatic heterocycles. The standard InChI is InChI=1S/C14H26N2O/c1-17-8-2-7-16-10-13(11-3-4-11)15-9-14(16)12-5-6-12/h11-15H,2-10H2,1H3. The Morgan fingerprint density at radius 3 is 2.59 bits per heavy atom. The van der Waals surface area contributed by atoms with E-state index in [9.17, 15) is 0 Å². The Labute approximate surface area is 105 Å². The smallest absolute Gasteiger partial charge is 0.0474 e. The monoisotopic (exact) mass is 238 g/mol. The van der Waals surface area contributed by atoms with Crippen LogP contribution in [0.4, 0.5) is 0 Å². The van der Waals surface area contributed by atoms with Gasteiger partial charge < -0.3 is 10.1 Å². The van der Waals surface area contributed by atoms with Crippen molar-refractivity contribution in [2.75, 3.05) is 33.4 Å². The summed E-state index contributed by atoms with van der Waals surface area (Å²) in [5, 5.41) is 3.80. The zero-order valence-electron chi connectivity index (χ0n) is 11.0. The highest BCUT2D eigenvalue weighted by molar-refractivity contribution is 4.98. The normalized spacial score (nSPS) is 35.1. The predicted octanol–water partition coefficient (Wildman–Crippen LogP) is 1.49. The fourth-order valence-electron chi connectivity index (χ4n) is 3.28. The molecule has 0 spiro atoms. The first-order valence-electron chi connectivity index (χ1n) is 7.35. The highest BCUT2D eigenvalue weighted by Gasteiger charge is 2.42. The molecule has 3 fully saturated rings. The molecular formula is C14H26N2O. The molecule has 1 N–H and O–H groups in total. The van der Waals surface area contributed by atoms with Crippen LogP contribution in [0.15, 0.2) is 0 Å². The SMILES string of the molecule is COCCCN1CC(C2CC2)NCC1C1CC1. The van der Waals surface area contributed by atoms with Gasteiger partial charge in [-0.15, -0.1) is 0 Å². The lowest BCUT2D eigenvalue weighted by molar-refractivity contribution is 0.0929. The number of rotatable bonds is 6. The van der Waals surface area contributed by atoms with Gasteiger partial charge in [0.25, 0.3) is 0 Å². The molecule has 17 heavy (non-hydrogen) atoms. The fraction of sp³-hybridized carbons (Fsp3) is 1.00. The molecule has 2 saturated carbocycles. The van der Waals surface area contributed by atoms with Crippen molar-refractivity contribution in [3.05, 3.63) is 0 Å². The summed E-state index contributed by atoms with van der Waals surface area (Å²) in [6, 6.07) is 1.61. The number of ether oxygens (including phenoxy) is 1. The maximum Gasteiger partial charge on any atom is 0.0474 e. The van der Waals surface area contributed by atoms with E-state index in [2.05, 4.69) is 10.2 Å². The Morgan fingerprint density at radius 1 is 1.18 bits per heavy atom. The largest absolute Gasteiger partial charge is 0.385 e. The lowest BCUT2D eigenvalue weighted by Gasteiger charge is -2.41. The molecule has 2 unspecified atom stereocenters. The lowest BCUT2D eigenvalue weighted by Crippen LogP contribution is -2.58. The maximum absolute atomic E-state index is 5.19. The Hall–Kier alpha value is -0.120. The molecule has 0 amide bonds. The van der Waals surface area contributed by atoms with Crippen LogP contribution in [0.2, 0.25) is 0 Å². The van der Waals surface area contributed by atoms with Crippen LogP contribution >= 0.6 is 0 Å². The van der Waals surface area contributed by atoms with E-state index in [1.807, 2.05) is 7.11 Å². The molecule has 0 radical (unpaired) electrons. The van der Waals surface area contributed by atoms with Crippen LogP contribution in [0.25, 0.3) is 0 Å². The molecule has 3 heteroatoms. The van der Waals surface area contributed by atoms with Crippen molar-refractivity contribution >= 4 is 0 Å². The number of hydrogen-bond donors (Lipinski definition) is 1. The molecule has 0 aromatic heterocycles. The van der Waals surface area contributed by atoms with E-state index in [0.29, 0.717) is 0 Å². The number of nitrogens with one attached hydrogen (secondary N) is 1. The first-order valence-corrected chi connectivity index (χ1v) is 7.35. The van der Waals surface area contributed by atoms with Gasteiger partial charge in [-0.2, -0.15) is 0 Å². The zero-order valence-corrected chi connectivity index (χ0v) is 11.0. The van der Waals surface area contributed by atoms with Crippen LogP contribution in [0.1, 0.15) is 32.1 Å². The Kier molecular flexibility index (Phi) is 3.69. The molecule has 1 heterocycles. The van der Waals surface area contributed by atoms with E-state index in [0.717, 1.165) is 30.5 Å². The van der Waals surface area contributed by atoms with E-state index >= 15 is 0 Å². The van der Waals surface area contributed by atoms with Crippen LogP contribution in [0.3, 0.4) is 0 Å². The minimum atomic E-state index is 0.785. The van der Waals surface area contributed by atoms with Crippen LogP contribution < -0.4 is 5.32 Å².